The molecule has 0 fully saturated rings. The highest BCUT2D eigenvalue weighted by Crippen LogP contribution is 2.27. The summed E-state index contributed by atoms with van der Waals surface area (Å²) in [5, 5.41) is 7.42. The smallest absolute Gasteiger partial charge is 0.173 e. The molecule has 2 heterocycles. The number of nitrogens with one attached hydrogen (secondary N) is 2. The van der Waals surface area contributed by atoms with Crippen molar-refractivity contribution in [3.05, 3.63) is 76.1 Å². The zero-order valence-corrected chi connectivity index (χ0v) is 20.8. The lowest BCUT2D eigenvalue weighted by Gasteiger charge is -2.26. The molecule has 2 N–H and O–H groups in total. The second-order valence-corrected chi connectivity index (χ2v) is 9.20. The van der Waals surface area contributed by atoms with Crippen molar-refractivity contribution in [1.82, 2.24) is 9.88 Å². The number of H-pyrrole nitrogens is 1. The van der Waals surface area contributed by atoms with Crippen molar-refractivity contribution in [3.63, 3.8) is 0 Å². The molecule has 0 saturated carbocycles. The van der Waals surface area contributed by atoms with Crippen LogP contribution in [0.4, 0.5) is 5.69 Å². The minimum Gasteiger partial charge on any atom is -0.497 e. The van der Waals surface area contributed by atoms with Crippen molar-refractivity contribution in [2.75, 3.05) is 25.6 Å². The van der Waals surface area contributed by atoms with Gasteiger partial charge in [-0.3, -0.25) is 0 Å². The molecule has 5 nitrogen and oxygen atoms in total. The van der Waals surface area contributed by atoms with Crippen LogP contribution in [0.15, 0.2) is 60.0 Å². The van der Waals surface area contributed by atoms with Gasteiger partial charge in [-0.15, -0.1) is 11.3 Å². The number of aromatic nitrogens is 1. The largest absolute Gasteiger partial charge is 0.497 e. The molecule has 0 saturated heterocycles. The van der Waals surface area contributed by atoms with Crippen LogP contribution < -0.4 is 14.8 Å². The Balaban J connectivity index is 1.52. The van der Waals surface area contributed by atoms with Gasteiger partial charge in [0.2, 0.25) is 0 Å². The van der Waals surface area contributed by atoms with Gasteiger partial charge in [-0.1, -0.05) is 6.07 Å². The average Bonchev–Trinajstić information content (AvgIpc) is 3.44. The molecule has 0 amide bonds. The van der Waals surface area contributed by atoms with Crippen LogP contribution in [0.2, 0.25) is 0 Å². The van der Waals surface area contributed by atoms with Gasteiger partial charge in [-0.2, -0.15) is 0 Å². The molecule has 0 unspecified atom stereocenters. The molecule has 2 aromatic heterocycles. The molecule has 0 aliphatic heterocycles. The molecular formula is C26H29N3O2S2. The summed E-state index contributed by atoms with van der Waals surface area (Å²) in [4.78, 5) is 7.01. The minimum absolute atomic E-state index is 0.652. The van der Waals surface area contributed by atoms with Gasteiger partial charge in [0.25, 0.3) is 0 Å². The predicted molar refractivity (Wildman–Crippen MR) is 142 cm³/mol. The topological polar surface area (TPSA) is 49.5 Å². The van der Waals surface area contributed by atoms with E-state index in [1.54, 1.807) is 18.4 Å². The number of benzene rings is 2. The first kappa shape index (κ1) is 23.1. The monoisotopic (exact) mass is 479 g/mol. The molecule has 0 aliphatic rings. The van der Waals surface area contributed by atoms with E-state index in [0.29, 0.717) is 11.7 Å². The van der Waals surface area contributed by atoms with E-state index in [1.807, 2.05) is 37.3 Å². The maximum absolute atomic E-state index is 5.84. The Labute approximate surface area is 204 Å². The number of rotatable bonds is 9. The van der Waals surface area contributed by atoms with Crippen molar-refractivity contribution >= 4 is 45.3 Å². The van der Waals surface area contributed by atoms with Gasteiger partial charge in [0.15, 0.2) is 5.11 Å². The first-order valence-corrected chi connectivity index (χ1v) is 12.3. The molecule has 2 aromatic carbocycles. The highest BCUT2D eigenvalue weighted by Gasteiger charge is 2.15. The van der Waals surface area contributed by atoms with Crippen LogP contribution >= 0.6 is 23.6 Å². The maximum Gasteiger partial charge on any atom is 0.173 e. The van der Waals surface area contributed by atoms with Crippen LogP contribution in [-0.2, 0) is 13.0 Å². The standard InChI is InChI=1S/C26H29N3O2S2/c1-4-31-20-9-7-19(8-10-20)28-26(32)29(17-22-6-5-15-33-22)14-13-23-18(2)27-25-12-11-21(30-3)16-24(23)25/h5-12,15-16,27H,4,13-14,17H2,1-3H3,(H,28,32). The quantitative estimate of drug-likeness (QED) is 0.273. The van der Waals surface area contributed by atoms with E-state index < -0.39 is 0 Å². The van der Waals surface area contributed by atoms with Gasteiger partial charge in [-0.25, -0.2) is 0 Å². The molecular weight excluding hydrogens is 450 g/mol. The number of nitrogens with zero attached hydrogens (tertiary/aromatic N) is 1. The van der Waals surface area contributed by atoms with Crippen LogP contribution in [0.1, 0.15) is 23.1 Å². The number of fused-ring (bicyclic) bond motifs is 1. The van der Waals surface area contributed by atoms with Crippen molar-refractivity contribution in [1.29, 1.82) is 0 Å². The second-order valence-electron chi connectivity index (χ2n) is 7.78. The Kier molecular flexibility index (Phi) is 7.52. The molecule has 4 rings (SSSR count). The number of aromatic amines is 1. The predicted octanol–water partition coefficient (Wildman–Crippen LogP) is 6.39. The summed E-state index contributed by atoms with van der Waals surface area (Å²) in [7, 11) is 1.70. The number of anilines is 1. The van der Waals surface area contributed by atoms with Gasteiger partial charge in [0.05, 0.1) is 20.3 Å². The Morgan fingerprint density at radius 2 is 1.91 bits per heavy atom. The number of hydrogen-bond acceptors (Lipinski definition) is 4. The van der Waals surface area contributed by atoms with E-state index in [-0.39, 0.29) is 0 Å². The third-order valence-corrected chi connectivity index (χ3v) is 6.81. The number of hydrogen-bond donors (Lipinski definition) is 2. The Morgan fingerprint density at radius 3 is 2.61 bits per heavy atom. The average molecular weight is 480 g/mol. The third-order valence-electron chi connectivity index (χ3n) is 5.59. The molecule has 0 aliphatic carbocycles. The summed E-state index contributed by atoms with van der Waals surface area (Å²) in [6.07, 6.45) is 0.871. The van der Waals surface area contributed by atoms with E-state index >= 15 is 0 Å². The summed E-state index contributed by atoms with van der Waals surface area (Å²) in [5.74, 6) is 1.72. The Hall–Kier alpha value is -3.03. The first-order valence-electron chi connectivity index (χ1n) is 11.0. The molecule has 0 radical (unpaired) electrons. The van der Waals surface area contributed by atoms with E-state index in [9.17, 15) is 0 Å². The summed E-state index contributed by atoms with van der Waals surface area (Å²) in [6.45, 7) is 6.33. The summed E-state index contributed by atoms with van der Waals surface area (Å²) < 4.78 is 11.0. The number of ether oxygens (including phenoxy) is 2. The van der Waals surface area contributed by atoms with Crippen molar-refractivity contribution in [3.8, 4) is 11.5 Å². The summed E-state index contributed by atoms with van der Waals surface area (Å²) in [6, 6.07) is 18.3. The van der Waals surface area contributed by atoms with Crippen molar-refractivity contribution in [2.24, 2.45) is 0 Å². The normalized spacial score (nSPS) is 10.9. The molecule has 0 atom stereocenters. The maximum atomic E-state index is 5.84. The van der Waals surface area contributed by atoms with Gasteiger partial charge >= 0.3 is 0 Å². The van der Waals surface area contributed by atoms with E-state index in [4.69, 9.17) is 21.7 Å². The fourth-order valence-electron chi connectivity index (χ4n) is 3.90. The van der Waals surface area contributed by atoms with E-state index in [2.05, 4.69) is 51.8 Å². The van der Waals surface area contributed by atoms with Gasteiger partial charge in [-0.05, 0) is 92.0 Å². The Morgan fingerprint density at radius 1 is 1.12 bits per heavy atom. The molecule has 4 aromatic rings. The first-order chi connectivity index (χ1) is 16.1. The van der Waals surface area contributed by atoms with Crippen LogP contribution in [0, 0.1) is 6.92 Å². The van der Waals surface area contributed by atoms with E-state index in [0.717, 1.165) is 42.2 Å². The highest BCUT2D eigenvalue weighted by molar-refractivity contribution is 7.80. The van der Waals surface area contributed by atoms with Crippen LogP contribution in [0.25, 0.3) is 10.9 Å². The van der Waals surface area contributed by atoms with Crippen molar-refractivity contribution in [2.45, 2.75) is 26.8 Å². The lowest BCUT2D eigenvalue weighted by molar-refractivity contribution is 0.340. The van der Waals surface area contributed by atoms with Crippen molar-refractivity contribution < 1.29 is 9.47 Å². The van der Waals surface area contributed by atoms with Gasteiger partial charge in [0, 0.05) is 33.7 Å². The lowest BCUT2D eigenvalue weighted by Crippen LogP contribution is -2.35. The minimum atomic E-state index is 0.652. The number of thiophene rings is 1. The molecule has 0 spiro atoms. The SMILES string of the molecule is CCOc1ccc(NC(=S)N(CCc2c(C)[nH]c3ccc(OC)cc23)Cc2cccs2)cc1. The summed E-state index contributed by atoms with van der Waals surface area (Å²) in [5.41, 5.74) is 4.56. The van der Waals surface area contributed by atoms with Gasteiger partial charge in [0.1, 0.15) is 11.5 Å². The fourth-order valence-corrected chi connectivity index (χ4v) is 4.90. The summed E-state index contributed by atoms with van der Waals surface area (Å²) >= 11 is 7.59. The zero-order chi connectivity index (χ0) is 23.2. The van der Waals surface area contributed by atoms with Crippen LogP contribution in [-0.4, -0.2) is 35.3 Å². The molecule has 172 valence electrons. The Bertz CT molecular complexity index is 1200. The third kappa shape index (κ3) is 5.67. The fraction of sp³-hybridized carbons (Fsp3) is 0.269. The highest BCUT2D eigenvalue weighted by atomic mass is 32.1. The molecule has 33 heavy (non-hydrogen) atoms. The molecule has 7 heteroatoms. The number of thiocarbonyl (C=S) groups is 1. The number of methoxy groups -OCH3 is 1. The lowest BCUT2D eigenvalue weighted by atomic mass is 10.1. The molecule has 0 bridgehead atoms. The number of aryl methyl sites for hydroxylation is 1. The second kappa shape index (κ2) is 10.7. The zero-order valence-electron chi connectivity index (χ0n) is 19.2. The van der Waals surface area contributed by atoms with E-state index in [1.165, 1.54) is 21.5 Å². The van der Waals surface area contributed by atoms with Crippen LogP contribution in [0.3, 0.4) is 0 Å². The van der Waals surface area contributed by atoms with Crippen LogP contribution in [0.5, 0.6) is 11.5 Å². The van der Waals surface area contributed by atoms with Gasteiger partial charge < -0.3 is 24.7 Å².